The van der Waals surface area contributed by atoms with E-state index in [4.69, 9.17) is 13.1 Å². The average molecular weight is 893 g/mol. The Kier molecular flexibility index (Phi) is 48.0. The van der Waals surface area contributed by atoms with E-state index in [-0.39, 0.29) is 19.5 Å². The van der Waals surface area contributed by atoms with E-state index in [1.807, 2.05) is 0 Å². The Bertz CT molecular complexity index is 873. The quantitative estimate of drug-likeness (QED) is 0.0271. The third-order valence-corrected chi connectivity index (χ3v) is 15.3. The zero-order chi connectivity index (χ0) is 43.2. The number of allylic oxidation sites excluding steroid dienone is 4. The number of hydrogen-bond acceptors (Lipinski definition) is 8. The van der Waals surface area contributed by atoms with Crippen molar-refractivity contribution in [2.75, 3.05) is 64.3 Å². The van der Waals surface area contributed by atoms with Crippen LogP contribution in [0.5, 0.6) is 0 Å². The molecule has 9 heteroatoms. The van der Waals surface area contributed by atoms with Gasteiger partial charge in [0, 0.05) is 43.0 Å². The van der Waals surface area contributed by atoms with E-state index in [0.29, 0.717) is 24.9 Å². The molecule has 2 unspecified atom stereocenters. The summed E-state index contributed by atoms with van der Waals surface area (Å²) in [5.41, 5.74) is 0. The average Bonchev–Trinajstić information content (AvgIpc) is 3.22. The number of hydrogen-bond donors (Lipinski definition) is 2. The van der Waals surface area contributed by atoms with Crippen LogP contribution in [0.3, 0.4) is 0 Å². The fourth-order valence-electron chi connectivity index (χ4n) is 7.20. The van der Waals surface area contributed by atoms with E-state index in [2.05, 4.69) is 84.1 Å². The topological polar surface area (TPSA) is 71.4 Å². The van der Waals surface area contributed by atoms with E-state index in [1.165, 1.54) is 160 Å². The summed E-state index contributed by atoms with van der Waals surface area (Å²) >= 11 is 0. The van der Waals surface area contributed by atoms with Crippen LogP contribution in [-0.4, -0.2) is 91.0 Å². The van der Waals surface area contributed by atoms with Gasteiger partial charge in [0.25, 0.3) is 0 Å². The maximum Gasteiger partial charge on any atom is 0.180 e. The number of aliphatic hydroxyl groups is 2. The number of ether oxygens (including phenoxy) is 1. The van der Waals surface area contributed by atoms with Crippen molar-refractivity contribution in [2.24, 2.45) is 0 Å². The molecule has 59 heavy (non-hydrogen) atoms. The molecule has 0 bridgehead atoms. The lowest BCUT2D eigenvalue weighted by atomic mass is 10.1. The Hall–Kier alpha value is 0.290. The van der Waals surface area contributed by atoms with Crippen molar-refractivity contribution in [1.82, 2.24) is 4.90 Å². The SMILES string of the molecule is CCCCC/C=C\C/C=C\CCCCCCCC(OCC(CCCCCCCC)SSCCCCCCCCCC)OS(C)(C)OCCCCCCN(CCO)CCO. The molecule has 0 saturated carbocycles. The van der Waals surface area contributed by atoms with Gasteiger partial charge in [0.2, 0.25) is 0 Å². The zero-order valence-electron chi connectivity index (χ0n) is 39.8. The van der Waals surface area contributed by atoms with Crippen molar-refractivity contribution in [3.8, 4) is 0 Å². The third kappa shape index (κ3) is 44.7. The molecule has 0 aliphatic rings. The lowest BCUT2D eigenvalue weighted by molar-refractivity contribution is -0.0830. The van der Waals surface area contributed by atoms with Gasteiger partial charge in [-0.05, 0) is 70.8 Å². The van der Waals surface area contributed by atoms with Gasteiger partial charge in [-0.2, -0.15) is 10.6 Å². The van der Waals surface area contributed by atoms with Crippen molar-refractivity contribution >= 4 is 32.2 Å². The van der Waals surface area contributed by atoms with Crippen LogP contribution in [-0.2, 0) is 13.1 Å². The highest BCUT2D eigenvalue weighted by Gasteiger charge is 2.21. The van der Waals surface area contributed by atoms with Crippen molar-refractivity contribution in [3.05, 3.63) is 24.3 Å². The van der Waals surface area contributed by atoms with Crippen LogP contribution >= 0.6 is 32.2 Å². The molecule has 0 heterocycles. The lowest BCUT2D eigenvalue weighted by Crippen LogP contribution is -2.30. The molecular weight excluding hydrogens is 791 g/mol. The highest BCUT2D eigenvalue weighted by molar-refractivity contribution is 8.76. The summed E-state index contributed by atoms with van der Waals surface area (Å²) in [5, 5.41) is 19.1. The number of rotatable bonds is 49. The molecule has 0 fully saturated rings. The van der Waals surface area contributed by atoms with Crippen molar-refractivity contribution in [1.29, 1.82) is 0 Å². The smallest absolute Gasteiger partial charge is 0.180 e. The molecule has 354 valence electrons. The molecule has 0 rings (SSSR count). The standard InChI is InChI=1S/C50H101NO5S3/c1-6-9-12-15-18-20-21-22-23-24-25-26-27-30-35-40-50(56-59(4,5)55-46-37-32-31-36-41-51(42-44-52)43-45-53)54-48-49(39-34-29-17-14-11-8-3)58-57-47-38-33-28-19-16-13-10-7-2/h18,20,22-23,49-50,52-53H,6-17,19,21,24-48H2,1-5H3/b20-18-,23-22-. The Morgan fingerprint density at radius 2 is 1.03 bits per heavy atom. The summed E-state index contributed by atoms with van der Waals surface area (Å²) in [6.07, 6.45) is 52.6. The molecule has 2 atom stereocenters. The minimum Gasteiger partial charge on any atom is -0.395 e. The molecule has 0 aromatic carbocycles. The first kappa shape index (κ1) is 59.3. The molecule has 0 aliphatic heterocycles. The first-order chi connectivity index (χ1) is 28.9. The number of nitrogens with zero attached hydrogens (tertiary/aromatic N) is 1. The van der Waals surface area contributed by atoms with Crippen molar-refractivity contribution in [2.45, 2.75) is 231 Å². The number of unbranched alkanes of at least 4 members (excludes halogenated alkanes) is 23. The summed E-state index contributed by atoms with van der Waals surface area (Å²) in [6.45, 7) is 10.8. The summed E-state index contributed by atoms with van der Waals surface area (Å²) in [5.74, 6) is 1.24. The summed E-state index contributed by atoms with van der Waals surface area (Å²) in [7, 11) is 2.46. The molecule has 0 radical (unpaired) electrons. The highest BCUT2D eigenvalue weighted by atomic mass is 33.1. The Labute approximate surface area is 378 Å². The second-order valence-corrected chi connectivity index (χ2v) is 22.6. The first-order valence-electron chi connectivity index (χ1n) is 25.1. The monoisotopic (exact) mass is 892 g/mol. The highest BCUT2D eigenvalue weighted by Crippen LogP contribution is 2.45. The van der Waals surface area contributed by atoms with E-state index in [1.54, 1.807) is 0 Å². The van der Waals surface area contributed by atoms with Gasteiger partial charge >= 0.3 is 0 Å². The molecule has 0 amide bonds. The second kappa shape index (κ2) is 47.8. The van der Waals surface area contributed by atoms with E-state index in [9.17, 15) is 10.2 Å². The van der Waals surface area contributed by atoms with Crippen molar-refractivity contribution in [3.63, 3.8) is 0 Å². The van der Waals surface area contributed by atoms with Crippen molar-refractivity contribution < 1.29 is 23.3 Å². The van der Waals surface area contributed by atoms with Crippen LogP contribution < -0.4 is 0 Å². The molecule has 2 N–H and O–H groups in total. The van der Waals surface area contributed by atoms with E-state index in [0.717, 1.165) is 58.1 Å². The molecule has 0 aromatic rings. The van der Waals surface area contributed by atoms with Crippen LogP contribution in [0.2, 0.25) is 0 Å². The first-order valence-corrected chi connectivity index (χ1v) is 29.8. The number of aliphatic hydroxyl groups excluding tert-OH is 2. The van der Waals surface area contributed by atoms with Gasteiger partial charge in [-0.25, -0.2) is 0 Å². The van der Waals surface area contributed by atoms with Gasteiger partial charge in [0.15, 0.2) is 6.29 Å². The van der Waals surface area contributed by atoms with E-state index < -0.39 is 10.6 Å². The molecule has 6 nitrogen and oxygen atoms in total. The fourth-order valence-corrected chi connectivity index (χ4v) is 11.1. The predicted octanol–water partition coefficient (Wildman–Crippen LogP) is 15.6. The molecule has 0 aliphatic carbocycles. The van der Waals surface area contributed by atoms with Crippen LogP contribution in [0.4, 0.5) is 0 Å². The van der Waals surface area contributed by atoms with Crippen LogP contribution in [0, 0.1) is 0 Å². The predicted molar refractivity (Wildman–Crippen MR) is 269 cm³/mol. The van der Waals surface area contributed by atoms with Gasteiger partial charge in [-0.15, -0.1) is 0 Å². The van der Waals surface area contributed by atoms with Crippen LogP contribution in [0.1, 0.15) is 220 Å². The summed E-state index contributed by atoms with van der Waals surface area (Å²) in [6, 6.07) is 0. The molecule has 0 spiro atoms. The Morgan fingerprint density at radius 1 is 0.542 bits per heavy atom. The lowest BCUT2D eigenvalue weighted by Gasteiger charge is -2.38. The fraction of sp³-hybridized carbons (Fsp3) is 0.920. The van der Waals surface area contributed by atoms with Gasteiger partial charge in [-0.3, -0.25) is 13.3 Å². The van der Waals surface area contributed by atoms with Crippen LogP contribution in [0.25, 0.3) is 0 Å². The molecule has 0 aromatic heterocycles. The minimum absolute atomic E-state index is 0.142. The molecular formula is C50H101NO5S3. The summed E-state index contributed by atoms with van der Waals surface area (Å²) in [4.78, 5) is 2.14. The zero-order valence-corrected chi connectivity index (χ0v) is 42.3. The summed E-state index contributed by atoms with van der Waals surface area (Å²) < 4.78 is 19.9. The Balaban J connectivity index is 5.01. The maximum atomic E-state index is 9.28. The Morgan fingerprint density at radius 3 is 1.64 bits per heavy atom. The second-order valence-electron chi connectivity index (χ2n) is 17.1. The van der Waals surface area contributed by atoms with Crippen LogP contribution in [0.15, 0.2) is 24.3 Å². The van der Waals surface area contributed by atoms with Gasteiger partial charge in [0.05, 0.1) is 26.4 Å². The van der Waals surface area contributed by atoms with Gasteiger partial charge in [0.1, 0.15) is 0 Å². The minimum atomic E-state index is -1.70. The normalized spacial score (nSPS) is 13.8. The maximum absolute atomic E-state index is 9.28. The third-order valence-electron chi connectivity index (χ3n) is 10.9. The van der Waals surface area contributed by atoms with Gasteiger partial charge < -0.3 is 14.9 Å². The van der Waals surface area contributed by atoms with E-state index >= 15 is 0 Å². The molecule has 0 saturated heterocycles. The van der Waals surface area contributed by atoms with Gasteiger partial charge in [-0.1, -0.05) is 195 Å². The largest absolute Gasteiger partial charge is 0.395 e.